The van der Waals surface area contributed by atoms with Crippen LogP contribution in [0.4, 0.5) is 10.1 Å². The summed E-state index contributed by atoms with van der Waals surface area (Å²) in [5.74, 6) is -0.293. The third-order valence-corrected chi connectivity index (χ3v) is 7.66. The van der Waals surface area contributed by atoms with Crippen molar-refractivity contribution >= 4 is 17.5 Å². The molecule has 37 heavy (non-hydrogen) atoms. The van der Waals surface area contributed by atoms with Crippen LogP contribution >= 0.6 is 0 Å². The second kappa shape index (κ2) is 11.2. The van der Waals surface area contributed by atoms with Crippen molar-refractivity contribution in [1.82, 2.24) is 9.80 Å². The van der Waals surface area contributed by atoms with Crippen molar-refractivity contribution in [3.63, 3.8) is 0 Å². The van der Waals surface area contributed by atoms with E-state index in [-0.39, 0.29) is 29.6 Å². The molecule has 2 atom stereocenters. The van der Waals surface area contributed by atoms with Gasteiger partial charge in [-0.15, -0.1) is 0 Å². The molecule has 0 unspecified atom stereocenters. The van der Waals surface area contributed by atoms with Gasteiger partial charge in [0.15, 0.2) is 0 Å². The lowest BCUT2D eigenvalue weighted by atomic mass is 9.87. The Hall–Kier alpha value is -3.67. The lowest BCUT2D eigenvalue weighted by molar-refractivity contribution is -0.143. The van der Waals surface area contributed by atoms with Crippen LogP contribution in [-0.4, -0.2) is 54.3 Å². The maximum absolute atomic E-state index is 14.2. The van der Waals surface area contributed by atoms with E-state index in [1.807, 2.05) is 57.2 Å². The number of hydrogen-bond acceptors (Lipinski definition) is 3. The van der Waals surface area contributed by atoms with Crippen molar-refractivity contribution in [2.45, 2.75) is 32.2 Å². The summed E-state index contributed by atoms with van der Waals surface area (Å²) in [6, 6.07) is 24.9. The number of anilines is 1. The number of hydrogen-bond donors (Lipinski definition) is 0. The number of piperidine rings is 1. The van der Waals surface area contributed by atoms with Crippen LogP contribution < -0.4 is 4.90 Å². The Morgan fingerprint density at radius 2 is 1.59 bits per heavy atom. The van der Waals surface area contributed by atoms with Gasteiger partial charge >= 0.3 is 0 Å². The van der Waals surface area contributed by atoms with Gasteiger partial charge in [0.05, 0.1) is 24.1 Å². The number of rotatable bonds is 5. The lowest BCUT2D eigenvalue weighted by Gasteiger charge is -2.43. The van der Waals surface area contributed by atoms with Gasteiger partial charge in [-0.05, 0) is 43.0 Å². The zero-order chi connectivity index (χ0) is 25.8. The molecule has 0 saturated carbocycles. The first-order valence-electron chi connectivity index (χ1n) is 13.2. The second-order valence-corrected chi connectivity index (χ2v) is 10.2. The van der Waals surface area contributed by atoms with Crippen LogP contribution in [-0.2, 0) is 16.0 Å². The Balaban J connectivity index is 1.29. The Morgan fingerprint density at radius 3 is 2.32 bits per heavy atom. The van der Waals surface area contributed by atoms with Crippen molar-refractivity contribution in [1.29, 1.82) is 0 Å². The molecule has 2 saturated heterocycles. The molecule has 0 radical (unpaired) electrons. The highest BCUT2D eigenvalue weighted by Crippen LogP contribution is 2.35. The van der Waals surface area contributed by atoms with E-state index in [1.54, 1.807) is 12.1 Å². The topological polar surface area (TPSA) is 43.9 Å². The molecule has 5 rings (SSSR count). The van der Waals surface area contributed by atoms with E-state index in [4.69, 9.17) is 0 Å². The fraction of sp³-hybridized carbons (Fsp3) is 0.355. The van der Waals surface area contributed by atoms with Gasteiger partial charge in [0.1, 0.15) is 5.82 Å². The average molecular weight is 500 g/mol. The molecule has 2 amide bonds. The summed E-state index contributed by atoms with van der Waals surface area (Å²) in [6.07, 6.45) is 1.83. The third-order valence-electron chi connectivity index (χ3n) is 7.66. The molecule has 2 aliphatic heterocycles. The first kappa shape index (κ1) is 25.0. The Bertz CT molecular complexity index is 1240. The Kier molecular flexibility index (Phi) is 7.54. The Labute approximate surface area is 218 Å². The quantitative estimate of drug-likeness (QED) is 0.496. The normalized spacial score (nSPS) is 20.1. The number of halogens is 1. The minimum atomic E-state index is -0.232. The van der Waals surface area contributed by atoms with Crippen LogP contribution in [0.25, 0.3) is 0 Å². The molecular weight excluding hydrogens is 465 g/mol. The first-order chi connectivity index (χ1) is 18.0. The molecule has 0 aromatic heterocycles. The van der Waals surface area contributed by atoms with E-state index in [1.165, 1.54) is 11.6 Å². The van der Waals surface area contributed by atoms with E-state index < -0.39 is 0 Å². The molecular formula is C31H34FN3O2. The van der Waals surface area contributed by atoms with E-state index in [2.05, 4.69) is 25.1 Å². The summed E-state index contributed by atoms with van der Waals surface area (Å²) < 4.78 is 14.2. The number of carbonyl (C=O) groups excluding carboxylic acids is 2. The van der Waals surface area contributed by atoms with E-state index in [0.717, 1.165) is 24.0 Å². The van der Waals surface area contributed by atoms with E-state index in [9.17, 15) is 14.0 Å². The van der Waals surface area contributed by atoms with Crippen LogP contribution in [0.5, 0.6) is 0 Å². The van der Waals surface area contributed by atoms with Gasteiger partial charge in [-0.1, -0.05) is 72.3 Å². The van der Waals surface area contributed by atoms with Gasteiger partial charge in [0, 0.05) is 32.7 Å². The second-order valence-electron chi connectivity index (χ2n) is 10.2. The summed E-state index contributed by atoms with van der Waals surface area (Å²) in [4.78, 5) is 33.0. The van der Waals surface area contributed by atoms with Crippen LogP contribution in [0.2, 0.25) is 0 Å². The molecule has 0 aliphatic carbocycles. The number of benzene rings is 3. The van der Waals surface area contributed by atoms with Crippen molar-refractivity contribution in [3.8, 4) is 0 Å². The number of amides is 2. The molecule has 6 heteroatoms. The molecule has 2 aliphatic rings. The molecule has 3 aromatic carbocycles. The monoisotopic (exact) mass is 499 g/mol. The highest BCUT2D eigenvalue weighted by molar-refractivity contribution is 5.83. The zero-order valence-electron chi connectivity index (χ0n) is 21.4. The maximum atomic E-state index is 14.2. The number of piperazine rings is 1. The number of carbonyl (C=O) groups is 2. The first-order valence-corrected chi connectivity index (χ1v) is 13.2. The molecule has 3 aromatic rings. The van der Waals surface area contributed by atoms with Gasteiger partial charge < -0.3 is 14.7 Å². The minimum Gasteiger partial charge on any atom is -0.366 e. The predicted molar refractivity (Wildman–Crippen MR) is 144 cm³/mol. The molecule has 0 bridgehead atoms. The van der Waals surface area contributed by atoms with Gasteiger partial charge in [-0.2, -0.15) is 0 Å². The molecule has 0 spiro atoms. The van der Waals surface area contributed by atoms with Crippen molar-refractivity contribution in [2.75, 3.05) is 37.6 Å². The van der Waals surface area contributed by atoms with Gasteiger partial charge in [-0.3, -0.25) is 9.59 Å². The Morgan fingerprint density at radius 1 is 0.865 bits per heavy atom. The van der Waals surface area contributed by atoms with E-state index in [0.29, 0.717) is 44.8 Å². The van der Waals surface area contributed by atoms with Crippen molar-refractivity contribution in [3.05, 3.63) is 101 Å². The highest BCUT2D eigenvalue weighted by atomic mass is 19.1. The summed E-state index contributed by atoms with van der Waals surface area (Å²) in [5.41, 5.74) is 3.86. The fourth-order valence-corrected chi connectivity index (χ4v) is 5.68. The molecule has 192 valence electrons. The molecule has 2 heterocycles. The summed E-state index contributed by atoms with van der Waals surface area (Å²) in [6.45, 7) is 4.81. The molecule has 0 N–H and O–H groups in total. The van der Waals surface area contributed by atoms with Crippen molar-refractivity contribution in [2.24, 2.45) is 5.92 Å². The van der Waals surface area contributed by atoms with Crippen LogP contribution in [0.15, 0.2) is 78.9 Å². The van der Waals surface area contributed by atoms with Crippen LogP contribution in [0.1, 0.15) is 35.6 Å². The standard InChI is InChI=1S/C31H34FN3O2/c1-23-8-7-11-25(20-23)28-15-14-26(22-35(28)30(36)21-24-9-3-2-4-10-24)31(37)34-18-16-33(17-19-34)29-13-6-5-12-27(29)32/h2-13,20,26,28H,14-19,21-22H2,1H3/t26-,28-/m1/s1. The number of aryl methyl sites for hydroxylation is 1. The summed E-state index contributed by atoms with van der Waals surface area (Å²) in [7, 11) is 0. The number of para-hydroxylation sites is 1. The minimum absolute atomic E-state index is 0.0296. The zero-order valence-corrected chi connectivity index (χ0v) is 21.4. The fourth-order valence-electron chi connectivity index (χ4n) is 5.68. The van der Waals surface area contributed by atoms with Crippen LogP contribution in [0.3, 0.4) is 0 Å². The summed E-state index contributed by atoms with van der Waals surface area (Å²) >= 11 is 0. The smallest absolute Gasteiger partial charge is 0.227 e. The van der Waals surface area contributed by atoms with Gasteiger partial charge in [0.25, 0.3) is 0 Å². The van der Waals surface area contributed by atoms with Gasteiger partial charge in [-0.25, -0.2) is 4.39 Å². The van der Waals surface area contributed by atoms with Gasteiger partial charge in [0.2, 0.25) is 11.8 Å². The highest BCUT2D eigenvalue weighted by Gasteiger charge is 2.37. The van der Waals surface area contributed by atoms with Crippen LogP contribution in [0, 0.1) is 18.7 Å². The third kappa shape index (κ3) is 5.68. The lowest BCUT2D eigenvalue weighted by Crippen LogP contribution is -2.53. The largest absolute Gasteiger partial charge is 0.366 e. The summed E-state index contributed by atoms with van der Waals surface area (Å²) in [5, 5.41) is 0. The number of nitrogens with zero attached hydrogens (tertiary/aromatic N) is 3. The maximum Gasteiger partial charge on any atom is 0.227 e. The molecule has 5 nitrogen and oxygen atoms in total. The molecule has 2 fully saturated rings. The predicted octanol–water partition coefficient (Wildman–Crippen LogP) is 5.01. The average Bonchev–Trinajstić information content (AvgIpc) is 2.93. The SMILES string of the molecule is Cc1cccc([C@H]2CC[C@@H](C(=O)N3CCN(c4ccccc4F)CC3)CN2C(=O)Cc2ccccc2)c1. The van der Waals surface area contributed by atoms with Crippen molar-refractivity contribution < 1.29 is 14.0 Å². The number of likely N-dealkylation sites (tertiary alicyclic amines) is 1. The van der Waals surface area contributed by atoms with E-state index >= 15 is 0 Å².